The molecule has 0 fully saturated rings. The maximum Gasteiger partial charge on any atom is 0.326 e. The lowest BCUT2D eigenvalue weighted by molar-refractivity contribution is -0.139. The molecule has 1 unspecified atom stereocenters. The van der Waals surface area contributed by atoms with Gasteiger partial charge in [-0.15, -0.1) is 0 Å². The number of nitrogens with one attached hydrogen (secondary N) is 2. The molecule has 1 atom stereocenters. The quantitative estimate of drug-likeness (QED) is 0.442. The fourth-order valence-electron chi connectivity index (χ4n) is 3.19. The molecule has 1 aromatic heterocycles. The van der Waals surface area contributed by atoms with E-state index < -0.39 is 23.5 Å². The second-order valence-corrected chi connectivity index (χ2v) is 8.13. The third kappa shape index (κ3) is 5.40. The van der Waals surface area contributed by atoms with Gasteiger partial charge in [-0.25, -0.2) is 9.89 Å². The summed E-state index contributed by atoms with van der Waals surface area (Å²) in [5.74, 6) is -0.446. The van der Waals surface area contributed by atoms with Gasteiger partial charge >= 0.3 is 5.97 Å². The van der Waals surface area contributed by atoms with E-state index in [-0.39, 0.29) is 12.0 Å². The number of carboxylic acids is 1. The zero-order valence-electron chi connectivity index (χ0n) is 17.0. The van der Waals surface area contributed by atoms with Crippen LogP contribution in [0, 0.1) is 0 Å². The number of benzene rings is 2. The van der Waals surface area contributed by atoms with E-state index in [1.165, 1.54) is 0 Å². The van der Waals surface area contributed by atoms with Crippen molar-refractivity contribution in [2.24, 2.45) is 0 Å². The standard InChI is InChI=1S/C23H23N3O4S/c1-2-31-14-13-17(23(29)30)24-21(27)19-18(15-9-5-3-6-10-15)20(25-26-22(19)28)16-11-7-4-8-12-16/h3-12,17H,2,13-14H2,1H3,(H,24,27)(H,26,28)(H,29,30). The number of amides is 1. The van der Waals surface area contributed by atoms with Crippen LogP contribution in [0.2, 0.25) is 0 Å². The molecule has 3 aromatic rings. The Hall–Kier alpha value is -3.39. The van der Waals surface area contributed by atoms with Crippen LogP contribution in [0.15, 0.2) is 65.5 Å². The Kier molecular flexibility index (Phi) is 7.61. The number of H-pyrrole nitrogens is 1. The lowest BCUT2D eigenvalue weighted by atomic mass is 9.95. The van der Waals surface area contributed by atoms with E-state index in [1.54, 1.807) is 36.0 Å². The molecule has 0 aliphatic rings. The third-order valence-corrected chi connectivity index (χ3v) is 5.61. The van der Waals surface area contributed by atoms with Crippen LogP contribution < -0.4 is 10.9 Å². The van der Waals surface area contributed by atoms with Gasteiger partial charge in [0.2, 0.25) is 0 Å². The second kappa shape index (κ2) is 10.6. The molecular formula is C23H23N3O4S. The predicted octanol–water partition coefficient (Wildman–Crippen LogP) is 3.43. The Labute approximate surface area is 183 Å². The van der Waals surface area contributed by atoms with E-state index in [2.05, 4.69) is 15.5 Å². The van der Waals surface area contributed by atoms with Crippen LogP contribution >= 0.6 is 11.8 Å². The molecule has 3 N–H and O–H groups in total. The molecule has 3 rings (SSSR count). The van der Waals surface area contributed by atoms with Gasteiger partial charge in [0.25, 0.3) is 11.5 Å². The minimum Gasteiger partial charge on any atom is -0.480 e. The zero-order valence-corrected chi connectivity index (χ0v) is 17.8. The van der Waals surface area contributed by atoms with Crippen LogP contribution in [0.5, 0.6) is 0 Å². The summed E-state index contributed by atoms with van der Waals surface area (Å²) in [5, 5.41) is 18.7. The fourth-order valence-corrected chi connectivity index (χ4v) is 3.88. The molecular weight excluding hydrogens is 414 g/mol. The highest BCUT2D eigenvalue weighted by atomic mass is 32.2. The molecule has 2 aromatic carbocycles. The maximum absolute atomic E-state index is 13.2. The van der Waals surface area contributed by atoms with Crippen molar-refractivity contribution in [1.82, 2.24) is 15.5 Å². The summed E-state index contributed by atoms with van der Waals surface area (Å²) in [4.78, 5) is 37.5. The summed E-state index contributed by atoms with van der Waals surface area (Å²) in [6.07, 6.45) is 0.259. The molecule has 8 heteroatoms. The van der Waals surface area contributed by atoms with Crippen molar-refractivity contribution < 1.29 is 14.7 Å². The molecule has 7 nitrogen and oxygen atoms in total. The molecule has 160 valence electrons. The number of rotatable bonds is 9. The Morgan fingerprint density at radius 3 is 2.26 bits per heavy atom. The molecule has 0 spiro atoms. The first-order chi connectivity index (χ1) is 15.0. The average molecular weight is 438 g/mol. The first kappa shape index (κ1) is 22.3. The number of hydrogen-bond acceptors (Lipinski definition) is 5. The Morgan fingerprint density at radius 2 is 1.68 bits per heavy atom. The molecule has 0 saturated carbocycles. The molecule has 1 amide bonds. The SMILES string of the molecule is CCSCCC(NC(=O)c1c(-c2ccccc2)c(-c2ccccc2)n[nH]c1=O)C(=O)O. The van der Waals surface area contributed by atoms with E-state index in [1.807, 2.05) is 43.3 Å². The topological polar surface area (TPSA) is 112 Å². The van der Waals surface area contributed by atoms with Gasteiger partial charge < -0.3 is 10.4 Å². The first-order valence-corrected chi connectivity index (χ1v) is 11.0. The van der Waals surface area contributed by atoms with Crippen LogP contribution in [-0.2, 0) is 4.79 Å². The lowest BCUT2D eigenvalue weighted by Crippen LogP contribution is -2.43. The van der Waals surface area contributed by atoms with E-state index in [4.69, 9.17) is 0 Å². The highest BCUT2D eigenvalue weighted by Crippen LogP contribution is 2.31. The van der Waals surface area contributed by atoms with Gasteiger partial charge in [0.1, 0.15) is 11.6 Å². The van der Waals surface area contributed by atoms with E-state index in [0.29, 0.717) is 22.6 Å². The number of carbonyl (C=O) groups is 2. The fraction of sp³-hybridized carbons (Fsp3) is 0.217. The Morgan fingerprint density at radius 1 is 1.06 bits per heavy atom. The monoisotopic (exact) mass is 437 g/mol. The molecule has 0 aliphatic carbocycles. The van der Waals surface area contributed by atoms with Gasteiger partial charge in [0, 0.05) is 11.1 Å². The lowest BCUT2D eigenvalue weighted by Gasteiger charge is -2.17. The number of carboxylic acid groups (broad SMARTS) is 1. The van der Waals surface area contributed by atoms with Crippen molar-refractivity contribution in [1.29, 1.82) is 0 Å². The van der Waals surface area contributed by atoms with E-state index in [0.717, 1.165) is 11.3 Å². The largest absolute Gasteiger partial charge is 0.480 e. The van der Waals surface area contributed by atoms with Crippen LogP contribution in [0.3, 0.4) is 0 Å². The normalized spacial score (nSPS) is 11.6. The van der Waals surface area contributed by atoms with Gasteiger partial charge in [-0.1, -0.05) is 67.6 Å². The molecule has 1 heterocycles. The van der Waals surface area contributed by atoms with Gasteiger partial charge in [-0.3, -0.25) is 9.59 Å². The third-order valence-electron chi connectivity index (χ3n) is 4.68. The van der Waals surface area contributed by atoms with E-state index in [9.17, 15) is 19.5 Å². The maximum atomic E-state index is 13.2. The summed E-state index contributed by atoms with van der Waals surface area (Å²) in [5.41, 5.74) is 1.32. The summed E-state index contributed by atoms with van der Waals surface area (Å²) < 4.78 is 0. The van der Waals surface area contributed by atoms with Crippen molar-refractivity contribution >= 4 is 23.6 Å². The average Bonchev–Trinajstić information content (AvgIpc) is 2.79. The molecule has 0 radical (unpaired) electrons. The van der Waals surface area contributed by atoms with Crippen molar-refractivity contribution in [3.8, 4) is 22.4 Å². The number of aliphatic carboxylic acids is 1. The Bertz CT molecular complexity index is 1100. The Balaban J connectivity index is 2.10. The number of nitrogens with zero attached hydrogens (tertiary/aromatic N) is 1. The number of carbonyl (C=O) groups excluding carboxylic acids is 1. The summed E-state index contributed by atoms with van der Waals surface area (Å²) in [6.45, 7) is 1.98. The number of aromatic amines is 1. The summed E-state index contributed by atoms with van der Waals surface area (Å²) >= 11 is 1.59. The van der Waals surface area contributed by atoms with Gasteiger partial charge in [0.15, 0.2) is 0 Å². The van der Waals surface area contributed by atoms with Crippen LogP contribution in [0.25, 0.3) is 22.4 Å². The minimum atomic E-state index is -1.14. The minimum absolute atomic E-state index is 0.158. The second-order valence-electron chi connectivity index (χ2n) is 6.73. The molecule has 0 aliphatic heterocycles. The van der Waals surface area contributed by atoms with Gasteiger partial charge in [-0.05, 0) is 23.5 Å². The smallest absolute Gasteiger partial charge is 0.326 e. The van der Waals surface area contributed by atoms with E-state index >= 15 is 0 Å². The first-order valence-electron chi connectivity index (χ1n) is 9.87. The number of hydrogen-bond donors (Lipinski definition) is 3. The highest BCUT2D eigenvalue weighted by molar-refractivity contribution is 7.99. The zero-order chi connectivity index (χ0) is 22.2. The van der Waals surface area contributed by atoms with Gasteiger partial charge in [-0.2, -0.15) is 16.9 Å². The van der Waals surface area contributed by atoms with Gasteiger partial charge in [0.05, 0.1) is 5.69 Å². The van der Waals surface area contributed by atoms with Crippen LogP contribution in [0.4, 0.5) is 0 Å². The predicted molar refractivity (Wildman–Crippen MR) is 122 cm³/mol. The van der Waals surface area contributed by atoms with Crippen LogP contribution in [-0.4, -0.2) is 44.7 Å². The van der Waals surface area contributed by atoms with Crippen molar-refractivity contribution in [3.05, 3.63) is 76.6 Å². The summed E-state index contributed by atoms with van der Waals surface area (Å²) in [6, 6.07) is 17.1. The molecule has 0 bridgehead atoms. The van der Waals surface area contributed by atoms with Crippen LogP contribution in [0.1, 0.15) is 23.7 Å². The highest BCUT2D eigenvalue weighted by Gasteiger charge is 2.27. The number of thioether (sulfide) groups is 1. The molecule has 31 heavy (non-hydrogen) atoms. The molecule has 0 saturated heterocycles. The number of aromatic nitrogens is 2. The van der Waals surface area contributed by atoms with Crippen molar-refractivity contribution in [2.45, 2.75) is 19.4 Å². The van der Waals surface area contributed by atoms with Crippen molar-refractivity contribution in [3.63, 3.8) is 0 Å². The summed E-state index contributed by atoms with van der Waals surface area (Å²) in [7, 11) is 0. The van der Waals surface area contributed by atoms with Crippen molar-refractivity contribution in [2.75, 3.05) is 11.5 Å².